The summed E-state index contributed by atoms with van der Waals surface area (Å²) in [6, 6.07) is 0. The van der Waals surface area contributed by atoms with Gasteiger partial charge in [-0.25, -0.2) is 0 Å². The fourth-order valence-corrected chi connectivity index (χ4v) is 2.50. The van der Waals surface area contributed by atoms with Gasteiger partial charge in [0.15, 0.2) is 0 Å². The maximum atomic E-state index is 10.4. The van der Waals surface area contributed by atoms with E-state index in [1.807, 2.05) is 0 Å². The number of carbonyl (C=O) groups excluding carboxylic acids is 3. The normalized spacial score (nSPS) is 16.3. The zero-order chi connectivity index (χ0) is 10.0. The first-order valence-electron chi connectivity index (χ1n) is 2.70. The number of carboxylic acids is 1. The van der Waals surface area contributed by atoms with Crippen molar-refractivity contribution in [2.75, 3.05) is 0 Å². The summed E-state index contributed by atoms with van der Waals surface area (Å²) in [5.41, 5.74) is 0. The third-order valence-electron chi connectivity index (χ3n) is 0.814. The maximum absolute atomic E-state index is 10.4. The van der Waals surface area contributed by atoms with E-state index < -0.39 is 45.3 Å². The monoisotopic (exact) mass is 298 g/mol. The van der Waals surface area contributed by atoms with Gasteiger partial charge in [-0.2, -0.15) is 0 Å². The topological polar surface area (TPSA) is 116 Å². The van der Waals surface area contributed by atoms with Crippen LogP contribution in [0.5, 0.6) is 0 Å². The van der Waals surface area contributed by atoms with E-state index in [4.69, 9.17) is 5.11 Å². The van der Waals surface area contributed by atoms with Crippen molar-refractivity contribution >= 4 is 45.3 Å². The Morgan fingerprint density at radius 1 is 1.23 bits per heavy atom. The number of carbonyl (C=O) groups is 4. The number of aliphatic carboxylic acids is 1. The summed E-state index contributed by atoms with van der Waals surface area (Å²) in [6.45, 7) is 0. The summed E-state index contributed by atoms with van der Waals surface area (Å²) < 4.78 is 12.4. The van der Waals surface area contributed by atoms with Crippen LogP contribution in [0, 0.1) is 0 Å². The molecule has 1 heterocycles. The van der Waals surface area contributed by atoms with Crippen molar-refractivity contribution in [3.05, 3.63) is 0 Å². The second-order valence-corrected chi connectivity index (χ2v) is 4.50. The molecule has 0 saturated carbocycles. The zero-order valence-corrected chi connectivity index (χ0v) is 8.30. The van der Waals surface area contributed by atoms with Crippen molar-refractivity contribution in [1.82, 2.24) is 0 Å². The van der Waals surface area contributed by atoms with Crippen LogP contribution in [0.4, 0.5) is 0 Å². The van der Waals surface area contributed by atoms with Crippen molar-refractivity contribution < 1.29 is 33.3 Å². The minimum atomic E-state index is -3.67. The molecule has 0 bridgehead atoms. The van der Waals surface area contributed by atoms with Crippen LogP contribution in [-0.2, 0) is 28.2 Å². The molecule has 0 aromatic heterocycles. The summed E-state index contributed by atoms with van der Waals surface area (Å²) >= 11 is -3.67. The predicted octanol–water partition coefficient (Wildman–Crippen LogP) is -2.30. The van der Waals surface area contributed by atoms with E-state index in [1.165, 1.54) is 0 Å². The number of hydrogen-bond donors (Lipinski definition) is 1. The van der Waals surface area contributed by atoms with Gasteiger partial charge in [-0.1, -0.05) is 0 Å². The number of rotatable bonds is 1. The van der Waals surface area contributed by atoms with Crippen molar-refractivity contribution in [3.8, 4) is 0 Å². The van der Waals surface area contributed by atoms with E-state index >= 15 is 0 Å². The Kier molecular flexibility index (Phi) is 2.72. The van der Waals surface area contributed by atoms with Gasteiger partial charge in [-0.05, 0) is 0 Å². The van der Waals surface area contributed by atoms with Crippen molar-refractivity contribution in [1.29, 1.82) is 0 Å². The van der Waals surface area contributed by atoms with E-state index in [0.717, 1.165) is 0 Å². The molecule has 1 N–H and O–H groups in total. The molecule has 8 nitrogen and oxygen atoms in total. The Morgan fingerprint density at radius 2 is 1.69 bits per heavy atom. The molecule has 0 atom stereocenters. The summed E-state index contributed by atoms with van der Waals surface area (Å²) in [5, 5.41) is 8.05. The molecular weight excluding hydrogens is 298 g/mol. The second-order valence-electron chi connectivity index (χ2n) is 1.66. The molecule has 0 unspecified atom stereocenters. The summed E-state index contributed by atoms with van der Waals surface area (Å²) in [6.07, 6.45) is 0. The van der Waals surface area contributed by atoms with E-state index in [1.54, 1.807) is 0 Å². The molecular formula is C4HO8Sb. The number of carboxylic acid groups (broad SMARTS) is 1. The average molecular weight is 299 g/mol. The van der Waals surface area contributed by atoms with Gasteiger partial charge in [-0.3, -0.25) is 0 Å². The van der Waals surface area contributed by atoms with E-state index in [-0.39, 0.29) is 0 Å². The van der Waals surface area contributed by atoms with E-state index in [2.05, 4.69) is 9.05 Å². The van der Waals surface area contributed by atoms with Crippen molar-refractivity contribution in [3.63, 3.8) is 0 Å². The fourth-order valence-electron chi connectivity index (χ4n) is 0.373. The molecule has 13 heavy (non-hydrogen) atoms. The van der Waals surface area contributed by atoms with Crippen LogP contribution in [0.25, 0.3) is 0 Å². The zero-order valence-electron chi connectivity index (χ0n) is 5.75. The molecule has 70 valence electrons. The van der Waals surface area contributed by atoms with Gasteiger partial charge >= 0.3 is 78.7 Å². The molecule has 0 aromatic rings. The van der Waals surface area contributed by atoms with Gasteiger partial charge in [0.2, 0.25) is 0 Å². The Balaban J connectivity index is 2.49. The molecule has 1 fully saturated rings. The van der Waals surface area contributed by atoms with Crippen molar-refractivity contribution in [2.45, 2.75) is 0 Å². The quantitative estimate of drug-likeness (QED) is 0.424. The molecule has 1 aliphatic heterocycles. The summed E-state index contributed by atoms with van der Waals surface area (Å²) in [5.74, 6) is -5.98. The Bertz CT molecular complexity index is 279. The molecule has 1 saturated heterocycles. The van der Waals surface area contributed by atoms with Crippen LogP contribution in [-0.4, -0.2) is 50.5 Å². The molecule has 9 heteroatoms. The Morgan fingerprint density at radius 3 is 2.08 bits per heavy atom. The first kappa shape index (κ1) is 9.78. The van der Waals surface area contributed by atoms with Crippen LogP contribution in [0.2, 0.25) is 0 Å². The fraction of sp³-hybridized carbons (Fsp3) is 0. The molecule has 1 aliphatic rings. The van der Waals surface area contributed by atoms with Gasteiger partial charge < -0.3 is 0 Å². The summed E-state index contributed by atoms with van der Waals surface area (Å²) in [4.78, 5) is 41.0. The third-order valence-corrected chi connectivity index (χ3v) is 3.51. The van der Waals surface area contributed by atoms with Crippen LogP contribution in [0.1, 0.15) is 0 Å². The second kappa shape index (κ2) is 3.61. The number of hydrogen-bond acceptors (Lipinski definition) is 7. The predicted molar refractivity (Wildman–Crippen MR) is 31.7 cm³/mol. The molecule has 0 aliphatic carbocycles. The van der Waals surface area contributed by atoms with Gasteiger partial charge in [0.1, 0.15) is 0 Å². The minimum absolute atomic E-state index is 1.26. The Labute approximate surface area is 79.0 Å². The van der Waals surface area contributed by atoms with Crippen molar-refractivity contribution in [2.24, 2.45) is 0 Å². The molecule has 0 aromatic carbocycles. The van der Waals surface area contributed by atoms with Crippen LogP contribution >= 0.6 is 0 Å². The molecule has 1 rings (SSSR count). The van der Waals surface area contributed by atoms with E-state index in [0.29, 0.717) is 0 Å². The van der Waals surface area contributed by atoms with Crippen LogP contribution < -0.4 is 0 Å². The first-order chi connectivity index (χ1) is 6.00. The van der Waals surface area contributed by atoms with Crippen LogP contribution in [0.3, 0.4) is 0 Å². The third kappa shape index (κ3) is 2.32. The van der Waals surface area contributed by atoms with Gasteiger partial charge in [-0.15, -0.1) is 0 Å². The van der Waals surface area contributed by atoms with Gasteiger partial charge in [0.05, 0.1) is 0 Å². The molecule has 0 radical (unpaired) electrons. The standard InChI is InChI=1S/2C2H2O4.Sb/c2*3-1(4)2(5)6;/h2*(H,3,4)(H,5,6);/q;;+3/p-3. The molecule has 0 amide bonds. The Hall–Kier alpha value is -1.30. The SMILES string of the molecule is O=C(O)C(=O)[O][Sb]1[O]C(=O)C(=O)[O]1. The summed E-state index contributed by atoms with van der Waals surface area (Å²) in [7, 11) is 0. The van der Waals surface area contributed by atoms with Gasteiger partial charge in [0.25, 0.3) is 0 Å². The van der Waals surface area contributed by atoms with E-state index in [9.17, 15) is 19.2 Å². The van der Waals surface area contributed by atoms with Crippen LogP contribution in [0.15, 0.2) is 0 Å². The molecule has 0 spiro atoms. The first-order valence-corrected chi connectivity index (χ1v) is 5.83. The van der Waals surface area contributed by atoms with Gasteiger partial charge in [0, 0.05) is 0 Å². The average Bonchev–Trinajstić information content (AvgIpc) is 2.31.